The molecule has 0 atom stereocenters. The van der Waals surface area contributed by atoms with E-state index in [9.17, 15) is 4.79 Å². The summed E-state index contributed by atoms with van der Waals surface area (Å²) < 4.78 is 1.78. The lowest BCUT2D eigenvalue weighted by Crippen LogP contribution is -2.27. The van der Waals surface area contributed by atoms with E-state index in [1.807, 2.05) is 32.9 Å². The average Bonchev–Trinajstić information content (AvgIpc) is 2.57. The fraction of sp³-hybridized carbons (Fsp3) is 0.333. The molecule has 4 nitrogen and oxygen atoms in total. The average molecular weight is 328 g/mol. The van der Waals surface area contributed by atoms with Crippen LogP contribution in [0.3, 0.4) is 0 Å². The van der Waals surface area contributed by atoms with Crippen molar-refractivity contribution < 1.29 is 4.79 Å². The second-order valence-electron chi connectivity index (χ2n) is 5.06. The third-order valence-electron chi connectivity index (χ3n) is 2.40. The minimum Gasteiger partial charge on any atom is -0.375 e. The zero-order valence-electron chi connectivity index (χ0n) is 10.4. The molecule has 1 aromatic heterocycles. The van der Waals surface area contributed by atoms with Crippen LogP contribution in [0.2, 0.25) is 0 Å². The Kier molecular flexibility index (Phi) is 3.33. The molecule has 0 saturated carbocycles. The van der Waals surface area contributed by atoms with Gasteiger partial charge in [0.2, 0.25) is 5.91 Å². The number of thiazole rings is 1. The Bertz CT molecular complexity index is 616. The Morgan fingerprint density at radius 2 is 2.11 bits per heavy atom. The number of nitrogens with one attached hydrogen (secondary N) is 1. The molecule has 0 fully saturated rings. The maximum Gasteiger partial charge on any atom is 0.229 e. The van der Waals surface area contributed by atoms with Gasteiger partial charge in [-0.05, 0) is 28.1 Å². The summed E-state index contributed by atoms with van der Waals surface area (Å²) in [6, 6.07) is 3.73. The van der Waals surface area contributed by atoms with E-state index in [1.165, 1.54) is 11.3 Å². The first-order chi connectivity index (χ1) is 8.27. The molecule has 0 radical (unpaired) electrons. The minimum atomic E-state index is -0.422. The number of anilines is 2. The van der Waals surface area contributed by atoms with Crippen LogP contribution in [0.1, 0.15) is 20.8 Å². The summed E-state index contributed by atoms with van der Waals surface area (Å²) in [5.41, 5.74) is 6.83. The zero-order chi connectivity index (χ0) is 13.5. The van der Waals surface area contributed by atoms with E-state index in [0.29, 0.717) is 5.13 Å². The summed E-state index contributed by atoms with van der Waals surface area (Å²) in [4.78, 5) is 16.1. The molecule has 18 heavy (non-hydrogen) atoms. The maximum atomic E-state index is 11.9. The van der Waals surface area contributed by atoms with E-state index < -0.39 is 5.41 Å². The number of carbonyl (C=O) groups is 1. The van der Waals surface area contributed by atoms with E-state index in [4.69, 9.17) is 5.73 Å². The van der Waals surface area contributed by atoms with Gasteiger partial charge in [0, 0.05) is 15.6 Å². The summed E-state index contributed by atoms with van der Waals surface area (Å²) >= 11 is 4.84. The summed E-state index contributed by atoms with van der Waals surface area (Å²) in [5, 5.41) is 3.41. The third kappa shape index (κ3) is 2.64. The van der Waals surface area contributed by atoms with Crippen molar-refractivity contribution in [1.29, 1.82) is 0 Å². The highest BCUT2D eigenvalue weighted by Crippen LogP contribution is 2.33. The number of nitrogen functional groups attached to an aromatic ring is 1. The van der Waals surface area contributed by atoms with Crippen molar-refractivity contribution in [2.45, 2.75) is 20.8 Å². The molecule has 0 bridgehead atoms. The molecular weight excluding hydrogens is 314 g/mol. The maximum absolute atomic E-state index is 11.9. The molecule has 2 rings (SSSR count). The quantitative estimate of drug-likeness (QED) is 0.840. The molecular formula is C12H14BrN3OS. The van der Waals surface area contributed by atoms with Crippen LogP contribution in [0.4, 0.5) is 10.8 Å². The van der Waals surface area contributed by atoms with Crippen LogP contribution in [-0.2, 0) is 4.79 Å². The van der Waals surface area contributed by atoms with Crippen molar-refractivity contribution in [2.24, 2.45) is 5.41 Å². The van der Waals surface area contributed by atoms with Gasteiger partial charge in [-0.15, -0.1) is 0 Å². The van der Waals surface area contributed by atoms with Gasteiger partial charge in [-0.2, -0.15) is 0 Å². The molecule has 0 aliphatic carbocycles. The molecule has 1 amide bonds. The van der Waals surface area contributed by atoms with Crippen LogP contribution in [0, 0.1) is 5.41 Å². The van der Waals surface area contributed by atoms with Crippen LogP contribution < -0.4 is 11.1 Å². The number of hydrogen-bond donors (Lipinski definition) is 2. The molecule has 3 N–H and O–H groups in total. The topological polar surface area (TPSA) is 68.0 Å². The van der Waals surface area contributed by atoms with Gasteiger partial charge in [0.05, 0.1) is 10.2 Å². The van der Waals surface area contributed by atoms with Crippen molar-refractivity contribution in [1.82, 2.24) is 4.98 Å². The van der Waals surface area contributed by atoms with Crippen LogP contribution in [0.15, 0.2) is 16.6 Å². The standard InChI is InChI=1S/C12H14BrN3OS/c1-12(2,3)10(17)15-6-4-7(13)9-8(5-6)18-11(14)16-9/h4-5H,1-3H3,(H2,14,16)(H,15,17). The molecule has 0 unspecified atom stereocenters. The number of amides is 1. The van der Waals surface area contributed by atoms with Gasteiger partial charge in [0.1, 0.15) is 0 Å². The van der Waals surface area contributed by atoms with Crippen LogP contribution in [0.25, 0.3) is 10.2 Å². The fourth-order valence-corrected chi connectivity index (χ4v) is 2.88. The summed E-state index contributed by atoms with van der Waals surface area (Å²) in [7, 11) is 0. The number of halogens is 1. The number of aromatic nitrogens is 1. The normalized spacial score (nSPS) is 11.8. The van der Waals surface area contributed by atoms with E-state index in [1.54, 1.807) is 0 Å². The van der Waals surface area contributed by atoms with Crippen LogP contribution >= 0.6 is 27.3 Å². The molecule has 0 aliphatic rings. The van der Waals surface area contributed by atoms with E-state index in [0.717, 1.165) is 20.4 Å². The van der Waals surface area contributed by atoms with Crippen LogP contribution in [-0.4, -0.2) is 10.9 Å². The zero-order valence-corrected chi connectivity index (χ0v) is 12.8. The summed E-state index contributed by atoms with van der Waals surface area (Å²) in [6.07, 6.45) is 0. The van der Waals surface area contributed by atoms with Crippen molar-refractivity contribution in [3.8, 4) is 0 Å². The Morgan fingerprint density at radius 1 is 1.44 bits per heavy atom. The Labute approximate surface area is 118 Å². The van der Waals surface area contributed by atoms with Gasteiger partial charge in [0.25, 0.3) is 0 Å². The van der Waals surface area contributed by atoms with E-state index >= 15 is 0 Å². The Hall–Kier alpha value is -1.14. The molecule has 1 heterocycles. The highest BCUT2D eigenvalue weighted by Gasteiger charge is 2.21. The first-order valence-corrected chi connectivity index (χ1v) is 7.05. The monoisotopic (exact) mass is 327 g/mol. The predicted molar refractivity (Wildman–Crippen MR) is 79.8 cm³/mol. The number of rotatable bonds is 1. The van der Waals surface area contributed by atoms with Crippen molar-refractivity contribution >= 4 is 54.2 Å². The molecule has 96 valence electrons. The number of hydrogen-bond acceptors (Lipinski definition) is 4. The largest absolute Gasteiger partial charge is 0.375 e. The van der Waals surface area contributed by atoms with Crippen molar-refractivity contribution in [3.05, 3.63) is 16.6 Å². The first-order valence-electron chi connectivity index (χ1n) is 5.44. The Balaban J connectivity index is 2.38. The number of nitrogens with two attached hydrogens (primary N) is 1. The molecule has 0 aliphatic heterocycles. The van der Waals surface area contributed by atoms with Crippen molar-refractivity contribution in [2.75, 3.05) is 11.1 Å². The van der Waals surface area contributed by atoms with Gasteiger partial charge in [-0.1, -0.05) is 32.1 Å². The van der Waals surface area contributed by atoms with Gasteiger partial charge in [-0.3, -0.25) is 4.79 Å². The number of benzene rings is 1. The van der Waals surface area contributed by atoms with E-state index in [-0.39, 0.29) is 5.91 Å². The first kappa shape index (κ1) is 13.3. The fourth-order valence-electron chi connectivity index (χ4n) is 1.40. The van der Waals surface area contributed by atoms with Gasteiger partial charge in [-0.25, -0.2) is 4.98 Å². The van der Waals surface area contributed by atoms with Gasteiger partial charge < -0.3 is 11.1 Å². The second kappa shape index (κ2) is 4.51. The smallest absolute Gasteiger partial charge is 0.229 e. The minimum absolute atomic E-state index is 0.0220. The highest BCUT2D eigenvalue weighted by molar-refractivity contribution is 9.10. The molecule has 2 aromatic rings. The highest BCUT2D eigenvalue weighted by atomic mass is 79.9. The van der Waals surface area contributed by atoms with Gasteiger partial charge in [0.15, 0.2) is 5.13 Å². The molecule has 1 aromatic carbocycles. The molecule has 6 heteroatoms. The van der Waals surface area contributed by atoms with Gasteiger partial charge >= 0.3 is 0 Å². The molecule has 0 spiro atoms. The number of nitrogens with zero attached hydrogens (tertiary/aromatic N) is 1. The lowest BCUT2D eigenvalue weighted by molar-refractivity contribution is -0.123. The van der Waals surface area contributed by atoms with Crippen molar-refractivity contribution in [3.63, 3.8) is 0 Å². The molecule has 0 saturated heterocycles. The number of carbonyl (C=O) groups excluding carboxylic acids is 1. The Morgan fingerprint density at radius 3 is 2.72 bits per heavy atom. The lowest BCUT2D eigenvalue weighted by Gasteiger charge is -2.17. The third-order valence-corrected chi connectivity index (χ3v) is 3.84. The summed E-state index contributed by atoms with van der Waals surface area (Å²) in [6.45, 7) is 5.63. The SMILES string of the molecule is CC(C)(C)C(=O)Nc1cc(Br)c2nc(N)sc2c1. The number of fused-ring (bicyclic) bond motifs is 1. The lowest BCUT2D eigenvalue weighted by atomic mass is 9.95. The predicted octanol–water partition coefficient (Wildman–Crippen LogP) is 3.63. The second-order valence-corrected chi connectivity index (χ2v) is 6.98. The summed E-state index contributed by atoms with van der Waals surface area (Å²) in [5.74, 6) is -0.0220. The van der Waals surface area contributed by atoms with Crippen LogP contribution in [0.5, 0.6) is 0 Å². The van der Waals surface area contributed by atoms with E-state index in [2.05, 4.69) is 26.2 Å².